The molecule has 0 saturated heterocycles. The highest BCUT2D eigenvalue weighted by atomic mass is 79.9. The second kappa shape index (κ2) is 4.89. The fourth-order valence-electron chi connectivity index (χ4n) is 2.52. The maximum atomic E-state index is 6.10. The number of nitrogens with one attached hydrogen (secondary N) is 1. The van der Waals surface area contributed by atoms with E-state index in [0.29, 0.717) is 0 Å². The van der Waals surface area contributed by atoms with E-state index in [1.807, 2.05) is 18.2 Å². The number of anilines is 1. The Bertz CT molecular complexity index is 604. The van der Waals surface area contributed by atoms with Gasteiger partial charge in [0.15, 0.2) is 0 Å². The Hall–Kier alpha value is -1.48. The number of rotatable bonds is 1. The number of hydrogen-bond donors (Lipinski definition) is 1. The Balaban J connectivity index is 1.91. The lowest BCUT2D eigenvalue weighted by Crippen LogP contribution is -2.23. The first-order valence-electron chi connectivity index (χ1n) is 6.40. The molecule has 0 aliphatic carbocycles. The van der Waals surface area contributed by atoms with E-state index in [1.165, 1.54) is 16.7 Å². The van der Waals surface area contributed by atoms with Gasteiger partial charge in [-0.25, -0.2) is 0 Å². The number of fused-ring (bicyclic) bond motifs is 1. The standard InChI is InChI=1S/C16H16BrNO/c1-10-5-11(2)7-12(6-10)16-9-18-14-8-13(17)3-4-15(14)19-16/h3-8,16,18H,9H2,1-2H3. The highest BCUT2D eigenvalue weighted by Gasteiger charge is 2.21. The van der Waals surface area contributed by atoms with Gasteiger partial charge in [-0.1, -0.05) is 45.3 Å². The van der Waals surface area contributed by atoms with E-state index >= 15 is 0 Å². The molecule has 1 N–H and O–H groups in total. The molecule has 19 heavy (non-hydrogen) atoms. The van der Waals surface area contributed by atoms with Crippen LogP contribution in [0, 0.1) is 13.8 Å². The predicted molar refractivity (Wildman–Crippen MR) is 81.9 cm³/mol. The van der Waals surface area contributed by atoms with E-state index in [9.17, 15) is 0 Å². The van der Waals surface area contributed by atoms with Gasteiger partial charge >= 0.3 is 0 Å². The van der Waals surface area contributed by atoms with E-state index in [0.717, 1.165) is 22.5 Å². The van der Waals surface area contributed by atoms with Gasteiger partial charge in [0.25, 0.3) is 0 Å². The maximum absolute atomic E-state index is 6.10. The number of halogens is 1. The van der Waals surface area contributed by atoms with Gasteiger partial charge in [-0.2, -0.15) is 0 Å². The summed E-state index contributed by atoms with van der Waals surface area (Å²) in [5.74, 6) is 0.915. The smallest absolute Gasteiger partial charge is 0.143 e. The molecule has 0 bridgehead atoms. The third-order valence-electron chi connectivity index (χ3n) is 3.30. The Kier molecular flexibility index (Phi) is 3.23. The monoisotopic (exact) mass is 317 g/mol. The molecule has 2 aromatic carbocycles. The van der Waals surface area contributed by atoms with Crippen molar-refractivity contribution in [1.29, 1.82) is 0 Å². The van der Waals surface area contributed by atoms with Crippen LogP contribution in [-0.4, -0.2) is 6.54 Å². The molecule has 0 radical (unpaired) electrons. The number of ether oxygens (including phenoxy) is 1. The first kappa shape index (κ1) is 12.5. The van der Waals surface area contributed by atoms with Crippen LogP contribution in [0.1, 0.15) is 22.8 Å². The molecule has 1 unspecified atom stereocenters. The van der Waals surface area contributed by atoms with Crippen molar-refractivity contribution in [2.45, 2.75) is 20.0 Å². The van der Waals surface area contributed by atoms with Crippen molar-refractivity contribution >= 4 is 21.6 Å². The third-order valence-corrected chi connectivity index (χ3v) is 3.80. The molecule has 1 aliphatic rings. The normalized spacial score (nSPS) is 17.3. The molecule has 3 rings (SSSR count). The van der Waals surface area contributed by atoms with E-state index < -0.39 is 0 Å². The Morgan fingerprint density at radius 3 is 2.58 bits per heavy atom. The van der Waals surface area contributed by atoms with Crippen LogP contribution in [0.2, 0.25) is 0 Å². The zero-order valence-electron chi connectivity index (χ0n) is 11.0. The molecule has 3 heteroatoms. The van der Waals surface area contributed by atoms with Crippen LogP contribution in [-0.2, 0) is 0 Å². The molecular formula is C16H16BrNO. The molecule has 1 aliphatic heterocycles. The van der Waals surface area contributed by atoms with Crippen molar-refractivity contribution in [2.24, 2.45) is 0 Å². The lowest BCUT2D eigenvalue weighted by molar-refractivity contribution is 0.210. The molecule has 0 aromatic heterocycles. The summed E-state index contributed by atoms with van der Waals surface area (Å²) < 4.78 is 7.16. The molecule has 0 amide bonds. The molecule has 1 heterocycles. The Labute approximate surface area is 121 Å². The summed E-state index contributed by atoms with van der Waals surface area (Å²) in [5, 5.41) is 3.44. The number of benzene rings is 2. The molecule has 0 fully saturated rings. The Morgan fingerprint density at radius 1 is 1.11 bits per heavy atom. The van der Waals surface area contributed by atoms with E-state index in [4.69, 9.17) is 4.74 Å². The summed E-state index contributed by atoms with van der Waals surface area (Å²) in [6.07, 6.45) is 0.0762. The quantitative estimate of drug-likeness (QED) is 0.829. The van der Waals surface area contributed by atoms with Crippen LogP contribution in [0.3, 0.4) is 0 Å². The minimum Gasteiger partial charge on any atom is -0.482 e. The largest absolute Gasteiger partial charge is 0.482 e. The van der Waals surface area contributed by atoms with Crippen molar-refractivity contribution in [3.05, 3.63) is 57.6 Å². The average molecular weight is 318 g/mol. The van der Waals surface area contributed by atoms with Gasteiger partial charge in [-0.15, -0.1) is 0 Å². The first-order chi connectivity index (χ1) is 9.11. The van der Waals surface area contributed by atoms with Crippen molar-refractivity contribution in [3.8, 4) is 5.75 Å². The SMILES string of the molecule is Cc1cc(C)cc(C2CNc3cc(Br)ccc3O2)c1. The summed E-state index contributed by atoms with van der Waals surface area (Å²) in [6.45, 7) is 5.04. The maximum Gasteiger partial charge on any atom is 0.143 e. The van der Waals surface area contributed by atoms with Gasteiger partial charge in [-0.3, -0.25) is 0 Å². The Morgan fingerprint density at radius 2 is 1.84 bits per heavy atom. The van der Waals surface area contributed by atoms with Crippen LogP contribution in [0.15, 0.2) is 40.9 Å². The van der Waals surface area contributed by atoms with Gasteiger partial charge < -0.3 is 10.1 Å². The topological polar surface area (TPSA) is 21.3 Å². The zero-order valence-corrected chi connectivity index (χ0v) is 12.6. The highest BCUT2D eigenvalue weighted by molar-refractivity contribution is 9.10. The van der Waals surface area contributed by atoms with Crippen LogP contribution >= 0.6 is 15.9 Å². The third kappa shape index (κ3) is 2.61. The van der Waals surface area contributed by atoms with E-state index in [-0.39, 0.29) is 6.10 Å². The molecule has 1 atom stereocenters. The second-order valence-electron chi connectivity index (χ2n) is 5.05. The molecule has 0 spiro atoms. The van der Waals surface area contributed by atoms with Crippen LogP contribution < -0.4 is 10.1 Å². The van der Waals surface area contributed by atoms with Crippen molar-refractivity contribution in [3.63, 3.8) is 0 Å². The van der Waals surface area contributed by atoms with E-state index in [2.05, 4.69) is 53.3 Å². The lowest BCUT2D eigenvalue weighted by atomic mass is 10.0. The summed E-state index contributed by atoms with van der Waals surface area (Å²) in [7, 11) is 0. The van der Waals surface area contributed by atoms with Gasteiger partial charge in [0.05, 0.1) is 12.2 Å². The van der Waals surface area contributed by atoms with Gasteiger partial charge in [0.2, 0.25) is 0 Å². The summed E-state index contributed by atoms with van der Waals surface area (Å²) >= 11 is 3.47. The molecule has 0 saturated carbocycles. The van der Waals surface area contributed by atoms with Crippen molar-refractivity contribution in [2.75, 3.05) is 11.9 Å². The van der Waals surface area contributed by atoms with Gasteiger partial charge in [0, 0.05) is 4.47 Å². The van der Waals surface area contributed by atoms with Crippen molar-refractivity contribution < 1.29 is 4.74 Å². The highest BCUT2D eigenvalue weighted by Crippen LogP contribution is 2.36. The van der Waals surface area contributed by atoms with Crippen LogP contribution in [0.4, 0.5) is 5.69 Å². The van der Waals surface area contributed by atoms with E-state index in [1.54, 1.807) is 0 Å². The minimum atomic E-state index is 0.0762. The summed E-state index contributed by atoms with van der Waals surface area (Å²) in [6, 6.07) is 12.6. The van der Waals surface area contributed by atoms with Crippen LogP contribution in [0.5, 0.6) is 5.75 Å². The fourth-order valence-corrected chi connectivity index (χ4v) is 2.88. The van der Waals surface area contributed by atoms with Gasteiger partial charge in [-0.05, 0) is 37.6 Å². The van der Waals surface area contributed by atoms with Crippen molar-refractivity contribution in [1.82, 2.24) is 0 Å². The van der Waals surface area contributed by atoms with Crippen LogP contribution in [0.25, 0.3) is 0 Å². The molecule has 98 valence electrons. The summed E-state index contributed by atoms with van der Waals surface area (Å²) in [5.41, 5.74) is 4.84. The van der Waals surface area contributed by atoms with Gasteiger partial charge in [0.1, 0.15) is 11.9 Å². The molecular weight excluding hydrogens is 302 g/mol. The fraction of sp³-hybridized carbons (Fsp3) is 0.250. The number of hydrogen-bond acceptors (Lipinski definition) is 2. The lowest BCUT2D eigenvalue weighted by Gasteiger charge is -2.28. The second-order valence-corrected chi connectivity index (χ2v) is 5.96. The number of aryl methyl sites for hydroxylation is 2. The first-order valence-corrected chi connectivity index (χ1v) is 7.19. The summed E-state index contributed by atoms with van der Waals surface area (Å²) in [4.78, 5) is 0. The molecule has 2 aromatic rings. The zero-order chi connectivity index (χ0) is 13.4. The average Bonchev–Trinajstić information content (AvgIpc) is 2.37. The molecule has 2 nitrogen and oxygen atoms in total. The predicted octanol–water partition coefficient (Wildman–Crippen LogP) is 4.61. The minimum absolute atomic E-state index is 0.0762.